The molecule has 2 heterocycles. The molecule has 2 aromatic rings. The summed E-state index contributed by atoms with van der Waals surface area (Å²) < 4.78 is 6.14. The van der Waals surface area contributed by atoms with Crippen molar-refractivity contribution >= 4 is 5.71 Å². The fourth-order valence-corrected chi connectivity index (χ4v) is 2.98. The number of aromatic hydroxyl groups is 1. The quantitative estimate of drug-likeness (QED) is 0.743. The van der Waals surface area contributed by atoms with E-state index in [0.29, 0.717) is 17.1 Å². The molecule has 27 heavy (non-hydrogen) atoms. The second-order valence-electron chi connectivity index (χ2n) is 6.43. The van der Waals surface area contributed by atoms with Gasteiger partial charge in [0.2, 0.25) is 5.88 Å². The van der Waals surface area contributed by atoms with Crippen LogP contribution in [-0.4, -0.2) is 70.6 Å². The summed E-state index contributed by atoms with van der Waals surface area (Å²) in [5.41, 5.74) is -0.662. The van der Waals surface area contributed by atoms with Gasteiger partial charge in [0.15, 0.2) is 0 Å². The van der Waals surface area contributed by atoms with Gasteiger partial charge in [-0.15, -0.1) is 0 Å². The highest BCUT2D eigenvalue weighted by Gasteiger charge is 2.20. The van der Waals surface area contributed by atoms with Crippen molar-refractivity contribution in [2.24, 2.45) is 5.10 Å². The lowest BCUT2D eigenvalue weighted by atomic mass is 10.2. The molecule has 0 aliphatic carbocycles. The first-order chi connectivity index (χ1) is 12.9. The van der Waals surface area contributed by atoms with E-state index in [0.717, 1.165) is 30.7 Å². The Morgan fingerprint density at radius 1 is 1.15 bits per heavy atom. The molecule has 1 aromatic carbocycles. The van der Waals surface area contributed by atoms with Crippen LogP contribution in [-0.2, 0) is 0 Å². The van der Waals surface area contributed by atoms with Gasteiger partial charge < -0.3 is 14.7 Å². The molecule has 0 saturated carbocycles. The summed E-state index contributed by atoms with van der Waals surface area (Å²) in [7, 11) is 3.57. The third kappa shape index (κ3) is 3.87. The van der Waals surface area contributed by atoms with Crippen molar-refractivity contribution in [1.82, 2.24) is 19.5 Å². The molecule has 1 aromatic heterocycles. The van der Waals surface area contributed by atoms with Gasteiger partial charge in [-0.25, -0.2) is 9.36 Å². The molecule has 1 fully saturated rings. The molecule has 9 heteroatoms. The number of aromatic nitrogens is 2. The average Bonchev–Trinajstić information content (AvgIpc) is 2.64. The van der Waals surface area contributed by atoms with Gasteiger partial charge in [-0.1, -0.05) is 0 Å². The van der Waals surface area contributed by atoms with Crippen molar-refractivity contribution in [3.05, 3.63) is 50.7 Å². The van der Waals surface area contributed by atoms with E-state index in [9.17, 15) is 14.7 Å². The minimum Gasteiger partial charge on any atom is -0.497 e. The smallest absolute Gasteiger partial charge is 0.335 e. The minimum atomic E-state index is -0.723. The van der Waals surface area contributed by atoms with Crippen LogP contribution in [0.5, 0.6) is 11.6 Å². The minimum absolute atomic E-state index is 0.0238. The molecule has 0 unspecified atom stereocenters. The van der Waals surface area contributed by atoms with Crippen molar-refractivity contribution in [2.75, 3.05) is 40.3 Å². The Morgan fingerprint density at radius 3 is 2.37 bits per heavy atom. The number of benzene rings is 1. The first-order valence-electron chi connectivity index (χ1n) is 8.62. The first kappa shape index (κ1) is 18.7. The van der Waals surface area contributed by atoms with E-state index in [1.54, 1.807) is 31.2 Å². The summed E-state index contributed by atoms with van der Waals surface area (Å²) >= 11 is 0. The predicted molar refractivity (Wildman–Crippen MR) is 102 cm³/mol. The van der Waals surface area contributed by atoms with Crippen LogP contribution in [0.15, 0.2) is 39.0 Å². The number of rotatable bonds is 4. The number of nitrogens with zero attached hydrogens (tertiary/aromatic N) is 4. The van der Waals surface area contributed by atoms with Crippen molar-refractivity contribution in [3.63, 3.8) is 0 Å². The van der Waals surface area contributed by atoms with Crippen molar-refractivity contribution in [3.8, 4) is 17.3 Å². The predicted octanol–water partition coefficient (Wildman–Crippen LogP) is 0.211. The van der Waals surface area contributed by atoms with Gasteiger partial charge in [-0.2, -0.15) is 5.10 Å². The number of hydrogen-bond donors (Lipinski definition) is 2. The number of H-pyrrole nitrogens is 1. The lowest BCUT2D eigenvalue weighted by Gasteiger charge is -2.30. The molecule has 9 nitrogen and oxygen atoms in total. The number of methoxy groups -OCH3 is 1. The van der Waals surface area contributed by atoms with Gasteiger partial charge in [-0.05, 0) is 38.2 Å². The van der Waals surface area contributed by atoms with E-state index in [-0.39, 0.29) is 5.56 Å². The van der Waals surface area contributed by atoms with Crippen LogP contribution in [0, 0.1) is 0 Å². The van der Waals surface area contributed by atoms with E-state index in [1.165, 1.54) is 7.11 Å². The highest BCUT2D eigenvalue weighted by atomic mass is 16.5. The van der Waals surface area contributed by atoms with E-state index >= 15 is 0 Å². The molecule has 1 saturated heterocycles. The second-order valence-corrected chi connectivity index (χ2v) is 6.43. The maximum absolute atomic E-state index is 12.3. The SMILES string of the molecule is COc1ccc(-n2c(O)c(/C(C)=N/N3CCN(C)CC3)c(=O)[nH]c2=O)cc1. The summed E-state index contributed by atoms with van der Waals surface area (Å²) in [5, 5.41) is 17.0. The molecule has 0 atom stereocenters. The molecule has 1 aliphatic rings. The Balaban J connectivity index is 2.03. The van der Waals surface area contributed by atoms with Crippen LogP contribution in [0.3, 0.4) is 0 Å². The number of ether oxygens (including phenoxy) is 1. The number of hydrazone groups is 1. The summed E-state index contributed by atoms with van der Waals surface area (Å²) in [6, 6.07) is 6.57. The van der Waals surface area contributed by atoms with E-state index in [2.05, 4.69) is 15.0 Å². The van der Waals surface area contributed by atoms with Gasteiger partial charge in [-0.3, -0.25) is 14.8 Å². The Bertz CT molecular complexity index is 953. The molecular formula is C18H23N5O4. The Morgan fingerprint density at radius 2 is 1.78 bits per heavy atom. The Labute approximate surface area is 156 Å². The molecule has 3 rings (SSSR count). The van der Waals surface area contributed by atoms with Gasteiger partial charge >= 0.3 is 5.69 Å². The monoisotopic (exact) mass is 373 g/mol. The third-order valence-corrected chi connectivity index (χ3v) is 4.55. The van der Waals surface area contributed by atoms with Crippen molar-refractivity contribution in [1.29, 1.82) is 0 Å². The molecule has 0 bridgehead atoms. The van der Waals surface area contributed by atoms with Crippen molar-refractivity contribution < 1.29 is 9.84 Å². The average molecular weight is 373 g/mol. The molecule has 0 spiro atoms. The van der Waals surface area contributed by atoms with Gasteiger partial charge in [0.25, 0.3) is 5.56 Å². The summed E-state index contributed by atoms with van der Waals surface area (Å²) in [5.74, 6) is 0.174. The lowest BCUT2D eigenvalue weighted by Crippen LogP contribution is -2.42. The number of hydrogen-bond acceptors (Lipinski definition) is 7. The highest BCUT2D eigenvalue weighted by Crippen LogP contribution is 2.20. The largest absolute Gasteiger partial charge is 0.497 e. The standard InChI is InChI=1S/C18H23N5O4/c1-12(20-22-10-8-21(2)9-11-22)15-16(24)19-18(26)23(17(15)25)13-4-6-14(27-3)7-5-13/h4-7,25H,8-11H2,1-3H3,(H,19,24,26)/b20-12+. The van der Waals surface area contributed by atoms with Crippen LogP contribution < -0.4 is 16.0 Å². The number of likely N-dealkylation sites (N-methyl/N-ethyl adjacent to an activating group) is 1. The van der Waals surface area contributed by atoms with E-state index in [4.69, 9.17) is 4.74 Å². The van der Waals surface area contributed by atoms with Crippen LogP contribution in [0.4, 0.5) is 0 Å². The Hall–Kier alpha value is -3.07. The number of nitrogens with one attached hydrogen (secondary N) is 1. The van der Waals surface area contributed by atoms with Gasteiger partial charge in [0, 0.05) is 26.2 Å². The molecule has 0 radical (unpaired) electrons. The fourth-order valence-electron chi connectivity index (χ4n) is 2.98. The molecule has 1 aliphatic heterocycles. The molecular weight excluding hydrogens is 350 g/mol. The number of aromatic amines is 1. The molecule has 2 N–H and O–H groups in total. The van der Waals surface area contributed by atoms with Crippen LogP contribution in [0.1, 0.15) is 12.5 Å². The maximum atomic E-state index is 12.3. The van der Waals surface area contributed by atoms with Crippen LogP contribution >= 0.6 is 0 Å². The highest BCUT2D eigenvalue weighted by molar-refractivity contribution is 6.00. The van der Waals surface area contributed by atoms with E-state index in [1.807, 2.05) is 12.1 Å². The number of piperazine rings is 1. The normalized spacial score (nSPS) is 15.8. The zero-order valence-corrected chi connectivity index (χ0v) is 15.6. The van der Waals surface area contributed by atoms with Gasteiger partial charge in [0.05, 0.1) is 18.5 Å². The van der Waals surface area contributed by atoms with E-state index < -0.39 is 17.1 Å². The summed E-state index contributed by atoms with van der Waals surface area (Å²) in [6.45, 7) is 4.83. The first-order valence-corrected chi connectivity index (χ1v) is 8.62. The Kier molecular flexibility index (Phi) is 5.31. The van der Waals surface area contributed by atoms with Gasteiger partial charge in [0.1, 0.15) is 11.3 Å². The zero-order chi connectivity index (χ0) is 19.6. The third-order valence-electron chi connectivity index (χ3n) is 4.55. The topological polar surface area (TPSA) is 103 Å². The lowest BCUT2D eigenvalue weighted by molar-refractivity contribution is 0.159. The fraction of sp³-hybridized carbons (Fsp3) is 0.389. The second kappa shape index (κ2) is 7.67. The summed E-state index contributed by atoms with van der Waals surface area (Å²) in [4.78, 5) is 29.0. The summed E-state index contributed by atoms with van der Waals surface area (Å²) in [6.07, 6.45) is 0. The van der Waals surface area contributed by atoms with Crippen LogP contribution in [0.2, 0.25) is 0 Å². The van der Waals surface area contributed by atoms with Crippen LogP contribution in [0.25, 0.3) is 5.69 Å². The molecule has 144 valence electrons. The molecule has 0 amide bonds. The maximum Gasteiger partial charge on any atom is 0.335 e. The van der Waals surface area contributed by atoms with Crippen molar-refractivity contribution in [2.45, 2.75) is 6.92 Å². The zero-order valence-electron chi connectivity index (χ0n) is 15.6.